The predicted octanol–water partition coefficient (Wildman–Crippen LogP) is 23.3. The molecule has 584 valence electrons. The van der Waals surface area contributed by atoms with Crippen LogP contribution in [0.2, 0.25) is 0 Å². The van der Waals surface area contributed by atoms with Crippen LogP contribution in [-0.2, 0) is 28.2 Å². The Hall–Kier alpha value is -12.5. The van der Waals surface area contributed by atoms with Gasteiger partial charge in [-0.25, -0.2) is 15.0 Å². The molecule has 0 N–H and O–H groups in total. The van der Waals surface area contributed by atoms with Crippen molar-refractivity contribution in [2.24, 2.45) is 28.2 Å². The first kappa shape index (κ1) is 80.1. The van der Waals surface area contributed by atoms with Crippen LogP contribution in [0.4, 0.5) is 0 Å². The van der Waals surface area contributed by atoms with E-state index in [2.05, 4.69) is 427 Å². The molecule has 0 bridgehead atoms. The van der Waals surface area contributed by atoms with Gasteiger partial charge < -0.3 is 0 Å². The SMILES string of the molecule is Cc1cc(-c2c(-c3ccccc3)cccc2-c2ccccc2)ncc1-[n+]1c2ccccc2c(C)n1C.Cc1cc(-c2c(C(C)C)cccc2C(C)C)ncc1-[n+]1c2ccccc2c(C)n1C.Cc1cc(-c2c(C)cccc2C)ncc1-[n+]1c2ccccc2c(C)n1C.Cc1cc(C(C)C)nc(C(C)C)c1-[n+]1c2ccccc2c(C)n1C. The van der Waals surface area contributed by atoms with E-state index in [4.69, 9.17) is 19.9 Å². The highest BCUT2D eigenvalue weighted by Gasteiger charge is 2.32. The second-order valence-corrected chi connectivity index (χ2v) is 32.6. The molecule has 0 atom stereocenters. The molecule has 0 fully saturated rings. The lowest BCUT2D eigenvalue weighted by Gasteiger charge is -2.19. The zero-order chi connectivity index (χ0) is 82.2. The van der Waals surface area contributed by atoms with Gasteiger partial charge in [0.15, 0.2) is 0 Å². The normalized spacial score (nSPS) is 11.5. The van der Waals surface area contributed by atoms with Crippen LogP contribution in [0.25, 0.3) is 122 Å². The molecule has 0 aliphatic rings. The molecular weight excluding hydrogens is 1420 g/mol. The first-order chi connectivity index (χ1) is 55.7. The van der Waals surface area contributed by atoms with E-state index >= 15 is 0 Å². The minimum Gasteiger partial charge on any atom is -0.250 e. The molecule has 8 heterocycles. The summed E-state index contributed by atoms with van der Waals surface area (Å²) in [5.74, 6) is 1.72. The summed E-state index contributed by atoms with van der Waals surface area (Å²) in [6, 6.07) is 84.0. The number of aromatic nitrogens is 12. The maximum atomic E-state index is 5.08. The Balaban J connectivity index is 0.000000129. The van der Waals surface area contributed by atoms with E-state index in [0.717, 1.165) is 39.7 Å². The second kappa shape index (κ2) is 33.5. The maximum absolute atomic E-state index is 5.08. The van der Waals surface area contributed by atoms with Crippen LogP contribution in [0.1, 0.15) is 158 Å². The van der Waals surface area contributed by atoms with Gasteiger partial charge in [0.1, 0.15) is 24.3 Å². The van der Waals surface area contributed by atoms with Gasteiger partial charge in [0.05, 0.1) is 89.6 Å². The van der Waals surface area contributed by atoms with Crippen LogP contribution in [0, 0.1) is 69.2 Å². The first-order valence-corrected chi connectivity index (χ1v) is 41.0. The van der Waals surface area contributed by atoms with Crippen LogP contribution in [0.3, 0.4) is 0 Å². The summed E-state index contributed by atoms with van der Waals surface area (Å²) in [6.45, 7) is 39.6. The van der Waals surface area contributed by atoms with E-state index in [-0.39, 0.29) is 0 Å². The summed E-state index contributed by atoms with van der Waals surface area (Å²) in [6.07, 6.45) is 6.06. The fourth-order valence-corrected chi connectivity index (χ4v) is 17.0. The van der Waals surface area contributed by atoms with Gasteiger partial charge in [0.2, 0.25) is 22.1 Å². The van der Waals surface area contributed by atoms with E-state index in [1.54, 1.807) is 0 Å². The van der Waals surface area contributed by atoms with Crippen LogP contribution in [0.5, 0.6) is 0 Å². The quantitative estimate of drug-likeness (QED) is 0.108. The number of fused-ring (bicyclic) bond motifs is 4. The molecule has 0 saturated heterocycles. The number of pyridine rings is 4. The van der Waals surface area contributed by atoms with Gasteiger partial charge in [-0.05, 0) is 180 Å². The molecule has 116 heavy (non-hydrogen) atoms. The highest BCUT2D eigenvalue weighted by atomic mass is 15.4. The Kier molecular flexibility index (Phi) is 23.1. The summed E-state index contributed by atoms with van der Waals surface area (Å²) in [5.41, 5.74) is 38.4. The zero-order valence-corrected chi connectivity index (χ0v) is 71.9. The predicted molar refractivity (Wildman–Crippen MR) is 480 cm³/mol. The van der Waals surface area contributed by atoms with Gasteiger partial charge in [0.25, 0.3) is 22.7 Å². The van der Waals surface area contributed by atoms with E-state index in [0.29, 0.717) is 23.7 Å². The second-order valence-electron chi connectivity index (χ2n) is 32.6. The number of para-hydroxylation sites is 4. The summed E-state index contributed by atoms with van der Waals surface area (Å²) in [7, 11) is 8.47. The van der Waals surface area contributed by atoms with Gasteiger partial charge in [0, 0.05) is 74.8 Å². The topological polar surface area (TPSA) is 86.8 Å². The third-order valence-corrected chi connectivity index (χ3v) is 23.6. The van der Waals surface area contributed by atoms with Crippen molar-refractivity contribution >= 4 is 43.6 Å². The Labute approximate surface area is 685 Å². The smallest absolute Gasteiger partial charge is 0.250 e. The average molecular weight is 1530 g/mol. The molecule has 0 aliphatic heterocycles. The van der Waals surface area contributed by atoms with E-state index in [1.807, 2.05) is 18.6 Å². The van der Waals surface area contributed by atoms with Gasteiger partial charge in [-0.15, -0.1) is 0 Å². The fraction of sp³-hybridized carbons (Fsp3) is 0.250. The van der Waals surface area contributed by atoms with Crippen molar-refractivity contribution in [1.29, 1.82) is 0 Å². The first-order valence-electron chi connectivity index (χ1n) is 41.0. The van der Waals surface area contributed by atoms with Gasteiger partial charge in [-0.1, -0.05) is 238 Å². The summed E-state index contributed by atoms with van der Waals surface area (Å²) < 4.78 is 18.0. The zero-order valence-electron chi connectivity index (χ0n) is 71.9. The molecule has 12 heteroatoms. The minimum atomic E-state index is 0.374. The maximum Gasteiger partial charge on any atom is 0.260 e. The molecule has 0 saturated carbocycles. The van der Waals surface area contributed by atoms with Crippen LogP contribution < -0.4 is 18.7 Å². The standard InChI is InChI=1S/C33H28N3.C27H32N3.C23H24N3.C21H28N3/c1-23-21-30(34-22-32(23)36-31-20-11-10-17-27(31)24(2)35(36)3)33-28(25-13-6-4-7-14-25)18-12-19-29(33)26-15-8-5-9-16-26;1-17(2)21-12-10-13-22(18(3)4)27(21)24-15-19(5)26(16-28-24)30-25-14-9-8-11-23(25)20(6)29(30)7;1-15-9-8-10-16(2)23(15)20-13-17(3)22(14-24-20)26-21-12-7-6-11-19(21)18(4)25(26)5;1-13(2)18-12-15(5)21(20(22-18)14(3)4)24-19-11-9-8-10-17(19)16(6)23(24)7/h4-22H,1-3H3;8-18H,1-7H3;6-14H,1-5H3;8-14H,1-7H3/q4*+1. The van der Waals surface area contributed by atoms with E-state index < -0.39 is 0 Å². The van der Waals surface area contributed by atoms with Gasteiger partial charge in [-0.3, -0.25) is 4.98 Å². The molecule has 0 radical (unpaired) electrons. The number of aryl methyl sites for hydroxylation is 10. The average Bonchev–Trinajstić information content (AvgIpc) is 1.68. The summed E-state index contributed by atoms with van der Waals surface area (Å²) in [5, 5.41) is 5.09. The lowest BCUT2D eigenvalue weighted by molar-refractivity contribution is -0.659. The van der Waals surface area contributed by atoms with Crippen molar-refractivity contribution in [3.05, 3.63) is 334 Å². The highest BCUT2D eigenvalue weighted by molar-refractivity contribution is 5.94. The monoisotopic (exact) mass is 1530 g/mol. The van der Waals surface area contributed by atoms with Crippen molar-refractivity contribution in [3.63, 3.8) is 0 Å². The summed E-state index contributed by atoms with van der Waals surface area (Å²) in [4.78, 5) is 19.9. The number of hydrogen-bond acceptors (Lipinski definition) is 4. The molecule has 17 aromatic rings. The number of benzene rings is 9. The largest absolute Gasteiger partial charge is 0.260 e. The molecule has 17 rings (SSSR count). The number of nitrogens with zero attached hydrogens (tertiary/aromatic N) is 12. The molecule has 12 nitrogen and oxygen atoms in total. The molecule has 0 amide bonds. The molecule has 0 unspecified atom stereocenters. The van der Waals surface area contributed by atoms with Gasteiger partial charge >= 0.3 is 0 Å². The molecule has 8 aromatic heterocycles. The lowest BCUT2D eigenvalue weighted by atomic mass is 9.86. The fourth-order valence-electron chi connectivity index (χ4n) is 17.0. The molecule has 9 aromatic carbocycles. The van der Waals surface area contributed by atoms with E-state index in [9.17, 15) is 0 Å². The number of hydrogen-bond donors (Lipinski definition) is 0. The van der Waals surface area contributed by atoms with Crippen molar-refractivity contribution in [1.82, 2.24) is 38.7 Å². The Bertz CT molecular complexity index is 6410. The van der Waals surface area contributed by atoms with Crippen molar-refractivity contribution in [2.75, 3.05) is 0 Å². The third kappa shape index (κ3) is 15.1. The van der Waals surface area contributed by atoms with Crippen LogP contribution >= 0.6 is 0 Å². The third-order valence-electron chi connectivity index (χ3n) is 23.6. The molecule has 0 aliphatic carbocycles. The van der Waals surface area contributed by atoms with Crippen molar-refractivity contribution in [2.45, 2.75) is 148 Å². The Morgan fingerprint density at radius 1 is 0.276 bits per heavy atom. The van der Waals surface area contributed by atoms with Crippen LogP contribution in [0.15, 0.2) is 255 Å². The number of rotatable bonds is 13. The minimum absolute atomic E-state index is 0.374. The highest BCUT2D eigenvalue weighted by Crippen LogP contribution is 2.41. The van der Waals surface area contributed by atoms with Crippen LogP contribution in [-0.4, -0.2) is 38.7 Å². The summed E-state index contributed by atoms with van der Waals surface area (Å²) >= 11 is 0. The Morgan fingerprint density at radius 2 is 0.595 bits per heavy atom. The van der Waals surface area contributed by atoms with E-state index in [1.165, 1.54) is 161 Å². The lowest BCUT2D eigenvalue weighted by Crippen LogP contribution is -2.42. The van der Waals surface area contributed by atoms with Gasteiger partial charge in [-0.2, -0.15) is 18.7 Å². The molecular formula is C104H112N12+4. The molecule has 0 spiro atoms. The van der Waals surface area contributed by atoms with Crippen molar-refractivity contribution < 1.29 is 18.7 Å². The Morgan fingerprint density at radius 3 is 0.948 bits per heavy atom. The van der Waals surface area contributed by atoms with Crippen molar-refractivity contribution in [3.8, 4) is 78.8 Å².